The Morgan fingerprint density at radius 1 is 1.18 bits per heavy atom. The number of Topliss-reactive ketones (excluding diaryl/α,β-unsaturated/α-hetero) is 1. The van der Waals surface area contributed by atoms with Crippen molar-refractivity contribution in [2.75, 3.05) is 32.3 Å². The van der Waals surface area contributed by atoms with E-state index in [1.165, 1.54) is 7.11 Å². The fourth-order valence-electron chi connectivity index (χ4n) is 7.16. The van der Waals surface area contributed by atoms with Gasteiger partial charge in [0, 0.05) is 30.4 Å². The Morgan fingerprint density at radius 3 is 2.55 bits per heavy atom. The van der Waals surface area contributed by atoms with Crippen LogP contribution in [-0.2, 0) is 23.9 Å². The molecule has 4 aliphatic heterocycles. The third-order valence-corrected chi connectivity index (χ3v) is 8.37. The summed E-state index contributed by atoms with van der Waals surface area (Å²) in [5, 5.41) is 9.16. The van der Waals surface area contributed by atoms with Gasteiger partial charge in [0.1, 0.15) is 6.61 Å². The number of hydrogen-bond donors (Lipinski definition) is 1. The van der Waals surface area contributed by atoms with Gasteiger partial charge in [-0.3, -0.25) is 14.4 Å². The first kappa shape index (κ1) is 20.5. The number of carbonyl (C=O) groups is 4. The van der Waals surface area contributed by atoms with E-state index in [1.807, 2.05) is 6.07 Å². The number of piperidine rings is 2. The predicted octanol–water partition coefficient (Wildman–Crippen LogP) is 0.566. The van der Waals surface area contributed by atoms with Crippen LogP contribution in [0.2, 0.25) is 0 Å². The van der Waals surface area contributed by atoms with Crippen molar-refractivity contribution in [1.29, 1.82) is 0 Å². The highest BCUT2D eigenvalue weighted by Gasteiger charge is 2.72. The van der Waals surface area contributed by atoms with E-state index in [0.29, 0.717) is 30.2 Å². The minimum absolute atomic E-state index is 0.0519. The summed E-state index contributed by atoms with van der Waals surface area (Å²) < 4.78 is 16.7. The van der Waals surface area contributed by atoms with Gasteiger partial charge >= 0.3 is 5.97 Å². The van der Waals surface area contributed by atoms with E-state index in [0.717, 1.165) is 12.0 Å². The number of nitrogens with zero attached hydrogens (tertiary/aromatic N) is 2. The molecule has 1 spiro atoms. The van der Waals surface area contributed by atoms with Gasteiger partial charge in [-0.2, -0.15) is 0 Å². The number of rotatable bonds is 5. The van der Waals surface area contributed by atoms with E-state index in [9.17, 15) is 19.2 Å². The lowest BCUT2D eigenvalue weighted by Gasteiger charge is -2.66. The van der Waals surface area contributed by atoms with Crippen LogP contribution in [0.5, 0.6) is 11.5 Å². The third-order valence-electron chi connectivity index (χ3n) is 8.37. The molecule has 0 radical (unpaired) electrons. The number of fused-ring (bicyclic) bond motifs is 5. The van der Waals surface area contributed by atoms with Crippen molar-refractivity contribution in [1.82, 2.24) is 4.90 Å². The number of benzene rings is 1. The molecule has 0 aromatic heterocycles. The zero-order chi connectivity index (χ0) is 23.2. The monoisotopic (exact) mass is 456 g/mol. The SMILES string of the molecule is COc1cc2c(cc1OC)N1C(=O)C[C@H](OCC(=O)O)[C@H]3[C@H]1[C@H]2[C@@]12CCN1C(=O)C(=O)[C@@H]3C2. The number of hydrogen-bond acceptors (Lipinski definition) is 7. The highest BCUT2D eigenvalue weighted by Crippen LogP contribution is 2.65. The molecule has 1 N–H and O–H groups in total. The summed E-state index contributed by atoms with van der Waals surface area (Å²) in [7, 11) is 3.07. The Morgan fingerprint density at radius 2 is 1.91 bits per heavy atom. The van der Waals surface area contributed by atoms with Crippen molar-refractivity contribution in [3.05, 3.63) is 17.7 Å². The molecule has 174 valence electrons. The summed E-state index contributed by atoms with van der Waals surface area (Å²) >= 11 is 0. The maximum absolute atomic E-state index is 13.4. The highest BCUT2D eigenvalue weighted by atomic mass is 16.5. The van der Waals surface area contributed by atoms with Crippen LogP contribution in [0.15, 0.2) is 12.1 Å². The molecule has 4 heterocycles. The minimum atomic E-state index is -1.14. The zero-order valence-corrected chi connectivity index (χ0v) is 18.3. The highest BCUT2D eigenvalue weighted by molar-refractivity contribution is 6.38. The van der Waals surface area contributed by atoms with Crippen molar-refractivity contribution in [3.8, 4) is 11.5 Å². The summed E-state index contributed by atoms with van der Waals surface area (Å²) in [6, 6.07) is 3.25. The van der Waals surface area contributed by atoms with Crippen molar-refractivity contribution in [3.63, 3.8) is 0 Å². The molecular weight excluding hydrogens is 432 g/mol. The van der Waals surface area contributed by atoms with E-state index < -0.39 is 53.8 Å². The van der Waals surface area contributed by atoms with Gasteiger partial charge in [-0.15, -0.1) is 0 Å². The molecule has 1 aromatic rings. The second kappa shape index (κ2) is 6.69. The molecule has 33 heavy (non-hydrogen) atoms. The van der Waals surface area contributed by atoms with Crippen LogP contribution in [0.4, 0.5) is 5.69 Å². The van der Waals surface area contributed by atoms with Crippen molar-refractivity contribution in [2.24, 2.45) is 11.8 Å². The number of anilines is 1. The topological polar surface area (TPSA) is 123 Å². The van der Waals surface area contributed by atoms with Gasteiger partial charge in [0.15, 0.2) is 11.5 Å². The summed E-state index contributed by atoms with van der Waals surface area (Å²) in [5.74, 6) is -2.56. The molecule has 6 atom stereocenters. The molecular formula is C23H24N2O8. The Hall–Kier alpha value is -3.14. The number of ketones is 1. The molecule has 4 fully saturated rings. The lowest BCUT2D eigenvalue weighted by molar-refractivity contribution is -0.188. The molecule has 5 aliphatic rings. The standard InChI is InChI=1S/C23H24N2O8/c1-31-13-5-10-12(6-14(13)32-2)25-16(26)7-15(33-9-17(27)28)18-11-8-23(19(10)20(18)25)3-4-24(23)22(30)21(11)29/h5-6,11,15,18-20H,3-4,7-9H2,1-2H3,(H,27,28)/t11-,15+,18+,19+,20+,23+/m1/s1. The predicted molar refractivity (Wildman–Crippen MR) is 111 cm³/mol. The normalized spacial score (nSPS) is 35.5. The number of methoxy groups -OCH3 is 2. The van der Waals surface area contributed by atoms with Crippen LogP contribution >= 0.6 is 0 Å². The van der Waals surface area contributed by atoms with Gasteiger partial charge in [-0.1, -0.05) is 0 Å². The fraction of sp³-hybridized carbons (Fsp3) is 0.565. The van der Waals surface area contributed by atoms with Gasteiger partial charge < -0.3 is 29.1 Å². The molecule has 1 aromatic carbocycles. The maximum atomic E-state index is 13.4. The molecule has 0 unspecified atom stereocenters. The zero-order valence-electron chi connectivity index (χ0n) is 18.3. The lowest BCUT2D eigenvalue weighted by Crippen LogP contribution is -2.78. The average molecular weight is 456 g/mol. The first-order valence-electron chi connectivity index (χ1n) is 11.1. The summed E-state index contributed by atoms with van der Waals surface area (Å²) in [5.41, 5.74) is 1.04. The van der Waals surface area contributed by atoms with E-state index in [2.05, 4.69) is 0 Å². The van der Waals surface area contributed by atoms with E-state index >= 15 is 0 Å². The van der Waals surface area contributed by atoms with Crippen LogP contribution in [0, 0.1) is 11.8 Å². The van der Waals surface area contributed by atoms with Crippen molar-refractivity contribution in [2.45, 2.75) is 42.9 Å². The van der Waals surface area contributed by atoms with Crippen LogP contribution < -0.4 is 14.4 Å². The minimum Gasteiger partial charge on any atom is -0.493 e. The first-order chi connectivity index (χ1) is 15.8. The molecule has 10 heteroatoms. The van der Waals surface area contributed by atoms with Crippen LogP contribution in [0.3, 0.4) is 0 Å². The summed E-state index contributed by atoms with van der Waals surface area (Å²) in [6.45, 7) is -0.0484. The smallest absolute Gasteiger partial charge is 0.329 e. The molecule has 2 amide bonds. The average Bonchev–Trinajstić information content (AvgIpc) is 3.12. The quantitative estimate of drug-likeness (QED) is 0.638. The Labute approximate surface area is 189 Å². The van der Waals surface area contributed by atoms with Gasteiger partial charge in [0.25, 0.3) is 5.91 Å². The van der Waals surface area contributed by atoms with E-state index in [-0.39, 0.29) is 18.2 Å². The van der Waals surface area contributed by atoms with Gasteiger partial charge in [0.05, 0.1) is 44.0 Å². The first-order valence-corrected chi connectivity index (χ1v) is 11.1. The number of carboxylic acid groups (broad SMARTS) is 1. The Kier molecular flexibility index (Phi) is 4.15. The van der Waals surface area contributed by atoms with Crippen LogP contribution in [0.25, 0.3) is 0 Å². The van der Waals surface area contributed by atoms with Gasteiger partial charge in [-0.05, 0) is 24.5 Å². The second-order valence-corrected chi connectivity index (χ2v) is 9.51. The van der Waals surface area contributed by atoms with Crippen LogP contribution in [0.1, 0.15) is 30.7 Å². The number of carbonyl (C=O) groups excluding carboxylic acids is 3. The maximum Gasteiger partial charge on any atom is 0.329 e. The van der Waals surface area contributed by atoms with Gasteiger partial charge in [0.2, 0.25) is 11.7 Å². The van der Waals surface area contributed by atoms with E-state index in [1.54, 1.807) is 23.0 Å². The number of ether oxygens (including phenoxy) is 3. The molecule has 6 rings (SSSR count). The number of amides is 2. The second-order valence-electron chi connectivity index (χ2n) is 9.51. The number of carboxylic acids is 1. The third kappa shape index (κ3) is 2.41. The largest absolute Gasteiger partial charge is 0.493 e. The summed E-state index contributed by atoms with van der Waals surface area (Å²) in [4.78, 5) is 54.2. The van der Waals surface area contributed by atoms with Gasteiger partial charge in [-0.25, -0.2) is 4.79 Å². The summed E-state index contributed by atoms with van der Waals surface area (Å²) in [6.07, 6.45) is 0.434. The number of aliphatic carboxylic acids is 1. The Bertz CT molecular complexity index is 1120. The van der Waals surface area contributed by atoms with Crippen LogP contribution in [-0.4, -0.2) is 78.6 Å². The van der Waals surface area contributed by atoms with E-state index in [4.69, 9.17) is 19.3 Å². The molecule has 1 aliphatic carbocycles. The van der Waals surface area contributed by atoms with Crippen molar-refractivity contribution < 1.29 is 38.5 Å². The fourth-order valence-corrected chi connectivity index (χ4v) is 7.16. The molecule has 10 nitrogen and oxygen atoms in total. The Balaban J connectivity index is 1.55. The molecule has 3 saturated heterocycles. The lowest BCUT2D eigenvalue weighted by atomic mass is 9.51. The van der Waals surface area contributed by atoms with Crippen molar-refractivity contribution >= 4 is 29.3 Å². The molecule has 2 bridgehead atoms. The molecule has 1 saturated carbocycles.